The van der Waals surface area contributed by atoms with Gasteiger partial charge in [0.05, 0.1) is 23.8 Å². The van der Waals surface area contributed by atoms with Crippen LogP contribution in [-0.4, -0.2) is 63.5 Å². The van der Waals surface area contributed by atoms with Gasteiger partial charge in [0.15, 0.2) is 0 Å². The summed E-state index contributed by atoms with van der Waals surface area (Å²) >= 11 is 0. The Balaban J connectivity index is 0.000000383. The number of carboxylic acid groups (broad SMARTS) is 1. The molecule has 2 aromatic rings. The summed E-state index contributed by atoms with van der Waals surface area (Å²) in [6, 6.07) is 12.4. The number of hydrogen-bond donors (Lipinski definition) is 1. The van der Waals surface area contributed by atoms with Gasteiger partial charge in [0.2, 0.25) is 0 Å². The lowest BCUT2D eigenvalue weighted by atomic mass is 9.84. The number of aromatic nitrogens is 2. The summed E-state index contributed by atoms with van der Waals surface area (Å²) in [6.07, 6.45) is -1.57. The Morgan fingerprint density at radius 2 is 2.06 bits per heavy atom. The minimum absolute atomic E-state index is 0.0825. The second kappa shape index (κ2) is 10.1. The number of carbonyl (C=O) groups is 1. The van der Waals surface area contributed by atoms with Gasteiger partial charge in [0.25, 0.3) is 0 Å². The predicted molar refractivity (Wildman–Crippen MR) is 109 cm³/mol. The van der Waals surface area contributed by atoms with Crippen molar-refractivity contribution in [2.24, 2.45) is 0 Å². The minimum Gasteiger partial charge on any atom is -0.475 e. The molecule has 2 fully saturated rings. The number of ether oxygens (including phenoxy) is 2. The fourth-order valence-corrected chi connectivity index (χ4v) is 3.82. The van der Waals surface area contributed by atoms with Gasteiger partial charge in [-0.15, -0.1) is 0 Å². The summed E-state index contributed by atoms with van der Waals surface area (Å²) in [5.41, 5.74) is 2.58. The topological polar surface area (TPSA) is 109 Å². The molecule has 1 atom stereocenters. The molecular formula is C22H23F3N4O4. The molecule has 0 aliphatic carbocycles. The van der Waals surface area contributed by atoms with E-state index in [1.165, 1.54) is 0 Å². The quantitative estimate of drug-likeness (QED) is 0.735. The average molecular weight is 464 g/mol. The first kappa shape index (κ1) is 24.4. The first-order valence-electron chi connectivity index (χ1n) is 10.2. The second-order valence-corrected chi connectivity index (χ2v) is 7.96. The molecule has 1 N–H and O–H groups in total. The van der Waals surface area contributed by atoms with Gasteiger partial charge in [-0.3, -0.25) is 4.90 Å². The highest BCUT2D eigenvalue weighted by Crippen LogP contribution is 2.36. The molecule has 3 heterocycles. The van der Waals surface area contributed by atoms with Crippen molar-refractivity contribution in [1.82, 2.24) is 14.9 Å². The van der Waals surface area contributed by atoms with Crippen LogP contribution in [0.15, 0.2) is 36.5 Å². The number of aryl methyl sites for hydroxylation is 1. The first-order valence-corrected chi connectivity index (χ1v) is 10.2. The number of rotatable bonds is 4. The van der Waals surface area contributed by atoms with Gasteiger partial charge in [-0.05, 0) is 24.6 Å². The molecule has 0 saturated carbocycles. The van der Waals surface area contributed by atoms with E-state index in [1.807, 2.05) is 37.3 Å². The minimum atomic E-state index is -5.08. The summed E-state index contributed by atoms with van der Waals surface area (Å²) in [4.78, 5) is 19.8. The lowest BCUT2D eigenvalue weighted by Crippen LogP contribution is -2.65. The van der Waals surface area contributed by atoms with Crippen LogP contribution in [0.25, 0.3) is 0 Å². The van der Waals surface area contributed by atoms with Crippen LogP contribution in [0, 0.1) is 18.3 Å². The van der Waals surface area contributed by atoms with E-state index in [0.717, 1.165) is 49.3 Å². The van der Waals surface area contributed by atoms with Crippen LogP contribution in [0.1, 0.15) is 29.7 Å². The van der Waals surface area contributed by atoms with Crippen LogP contribution in [0.5, 0.6) is 6.01 Å². The zero-order valence-electron chi connectivity index (χ0n) is 17.9. The van der Waals surface area contributed by atoms with E-state index in [-0.39, 0.29) is 11.7 Å². The van der Waals surface area contributed by atoms with Crippen LogP contribution in [0.3, 0.4) is 0 Å². The van der Waals surface area contributed by atoms with Gasteiger partial charge in [-0.25, -0.2) is 14.8 Å². The standard InChI is InChI=1S/C20H22N4O2.C2HF3O2/c1-15-6-8-22-19(23-15)26-18-7-9-25-20(10-18)13-24(14-20)12-17-5-3-2-4-16(17)11-21;3-2(4,5)1(6)7/h2-6,8,18H,7,9-10,12-14H2,1H3;(H,6,7). The van der Waals surface area contributed by atoms with E-state index in [4.69, 9.17) is 19.4 Å². The fourth-order valence-electron chi connectivity index (χ4n) is 3.82. The summed E-state index contributed by atoms with van der Waals surface area (Å²) in [5, 5.41) is 16.4. The highest BCUT2D eigenvalue weighted by Gasteiger charge is 2.48. The molecule has 1 unspecified atom stereocenters. The molecular weight excluding hydrogens is 441 g/mol. The number of halogens is 3. The van der Waals surface area contributed by atoms with E-state index in [0.29, 0.717) is 12.6 Å². The van der Waals surface area contributed by atoms with Crippen LogP contribution in [0.4, 0.5) is 13.2 Å². The zero-order chi connectivity index (χ0) is 24.1. The van der Waals surface area contributed by atoms with E-state index < -0.39 is 12.1 Å². The van der Waals surface area contributed by atoms with Crippen molar-refractivity contribution in [3.8, 4) is 12.1 Å². The molecule has 0 radical (unpaired) electrons. The summed E-state index contributed by atoms with van der Waals surface area (Å²) in [5.74, 6) is -2.76. The average Bonchev–Trinajstić information content (AvgIpc) is 2.73. The van der Waals surface area contributed by atoms with Crippen molar-refractivity contribution in [2.75, 3.05) is 19.7 Å². The Kier molecular flexibility index (Phi) is 7.50. The molecule has 0 bridgehead atoms. The Hall–Kier alpha value is -3.23. The molecule has 33 heavy (non-hydrogen) atoms. The highest BCUT2D eigenvalue weighted by molar-refractivity contribution is 5.73. The lowest BCUT2D eigenvalue weighted by molar-refractivity contribution is -0.192. The molecule has 176 valence electrons. The Morgan fingerprint density at radius 3 is 2.70 bits per heavy atom. The van der Waals surface area contributed by atoms with Gasteiger partial charge in [0, 0.05) is 44.4 Å². The van der Waals surface area contributed by atoms with Crippen molar-refractivity contribution < 1.29 is 32.5 Å². The van der Waals surface area contributed by atoms with Crippen molar-refractivity contribution in [2.45, 2.75) is 44.2 Å². The third-order valence-corrected chi connectivity index (χ3v) is 5.29. The van der Waals surface area contributed by atoms with E-state index in [9.17, 15) is 18.4 Å². The largest absolute Gasteiger partial charge is 0.490 e. The van der Waals surface area contributed by atoms with Crippen molar-refractivity contribution in [3.63, 3.8) is 0 Å². The van der Waals surface area contributed by atoms with Gasteiger partial charge in [-0.1, -0.05) is 18.2 Å². The van der Waals surface area contributed by atoms with Crippen molar-refractivity contribution >= 4 is 5.97 Å². The summed E-state index contributed by atoms with van der Waals surface area (Å²) in [6.45, 7) is 5.13. The number of nitrogens with zero attached hydrogens (tertiary/aromatic N) is 4. The summed E-state index contributed by atoms with van der Waals surface area (Å²) in [7, 11) is 0. The second-order valence-electron chi connectivity index (χ2n) is 7.96. The number of likely N-dealkylation sites (tertiary alicyclic amines) is 1. The normalized spacial score (nSPS) is 19.5. The lowest BCUT2D eigenvalue weighted by Gasteiger charge is -2.53. The third kappa shape index (κ3) is 6.63. The fraction of sp³-hybridized carbons (Fsp3) is 0.455. The number of alkyl halides is 3. The van der Waals surface area contributed by atoms with Crippen LogP contribution < -0.4 is 4.74 Å². The molecule has 1 aromatic heterocycles. The van der Waals surface area contributed by atoms with Gasteiger partial charge < -0.3 is 14.6 Å². The molecule has 2 saturated heterocycles. The molecule has 11 heteroatoms. The highest BCUT2D eigenvalue weighted by atomic mass is 19.4. The maximum Gasteiger partial charge on any atom is 0.490 e. The predicted octanol–water partition coefficient (Wildman–Crippen LogP) is 3.10. The Bertz CT molecular complexity index is 1020. The molecule has 0 amide bonds. The number of aliphatic carboxylic acids is 1. The summed E-state index contributed by atoms with van der Waals surface area (Å²) < 4.78 is 43.8. The number of nitriles is 1. The molecule has 2 aliphatic rings. The molecule has 4 rings (SSSR count). The van der Waals surface area contributed by atoms with Crippen molar-refractivity contribution in [1.29, 1.82) is 5.26 Å². The Labute approximate surface area is 188 Å². The van der Waals surface area contributed by atoms with E-state index >= 15 is 0 Å². The van der Waals surface area contributed by atoms with E-state index in [1.54, 1.807) is 6.20 Å². The molecule has 1 spiro atoms. The van der Waals surface area contributed by atoms with Gasteiger partial charge >= 0.3 is 18.2 Å². The molecule has 8 nitrogen and oxygen atoms in total. The molecule has 2 aliphatic heterocycles. The first-order chi connectivity index (χ1) is 15.6. The zero-order valence-corrected chi connectivity index (χ0v) is 17.9. The van der Waals surface area contributed by atoms with Crippen LogP contribution >= 0.6 is 0 Å². The smallest absolute Gasteiger partial charge is 0.475 e. The maximum atomic E-state index is 10.6. The third-order valence-electron chi connectivity index (χ3n) is 5.29. The van der Waals surface area contributed by atoms with Gasteiger partial charge in [-0.2, -0.15) is 18.4 Å². The maximum absolute atomic E-state index is 10.6. The monoisotopic (exact) mass is 464 g/mol. The van der Waals surface area contributed by atoms with Crippen molar-refractivity contribution in [3.05, 3.63) is 53.3 Å². The van der Waals surface area contributed by atoms with Gasteiger partial charge in [0.1, 0.15) is 6.10 Å². The SMILES string of the molecule is Cc1ccnc(OC2CCOC3(C2)CN(Cc2ccccc2C#N)C3)n1.O=C(O)C(F)(F)F. The molecule has 1 aromatic carbocycles. The van der Waals surface area contributed by atoms with E-state index in [2.05, 4.69) is 20.9 Å². The number of benzene rings is 1. The Morgan fingerprint density at radius 1 is 1.36 bits per heavy atom. The number of hydrogen-bond acceptors (Lipinski definition) is 7. The number of carboxylic acids is 1. The van der Waals surface area contributed by atoms with Crippen LogP contribution in [0.2, 0.25) is 0 Å². The van der Waals surface area contributed by atoms with Crippen LogP contribution in [-0.2, 0) is 16.1 Å².